The smallest absolute Gasteiger partial charge is 0.146 e. The SMILES string of the molecule is NNC(CC1CCC1)c1ncccn1. The first kappa shape index (κ1) is 9.55. The zero-order chi connectivity index (χ0) is 9.80. The van der Waals surface area contributed by atoms with E-state index in [-0.39, 0.29) is 6.04 Å². The van der Waals surface area contributed by atoms with Crippen molar-refractivity contribution in [2.75, 3.05) is 0 Å². The second-order valence-electron chi connectivity index (χ2n) is 3.86. The number of nitrogens with one attached hydrogen (secondary N) is 1. The van der Waals surface area contributed by atoms with Crippen LogP contribution in [0.2, 0.25) is 0 Å². The highest BCUT2D eigenvalue weighted by atomic mass is 15.2. The number of rotatable bonds is 4. The molecule has 0 saturated heterocycles. The Morgan fingerprint density at radius 1 is 1.43 bits per heavy atom. The quantitative estimate of drug-likeness (QED) is 0.555. The van der Waals surface area contributed by atoms with Crippen molar-refractivity contribution in [3.63, 3.8) is 0 Å². The van der Waals surface area contributed by atoms with Crippen LogP contribution in [0.4, 0.5) is 0 Å². The molecule has 14 heavy (non-hydrogen) atoms. The van der Waals surface area contributed by atoms with Gasteiger partial charge >= 0.3 is 0 Å². The van der Waals surface area contributed by atoms with Crippen LogP contribution in [0.1, 0.15) is 37.5 Å². The molecule has 0 bridgehead atoms. The summed E-state index contributed by atoms with van der Waals surface area (Å²) in [6, 6.07) is 1.93. The number of hydrogen-bond donors (Lipinski definition) is 2. The average Bonchev–Trinajstić information content (AvgIpc) is 2.18. The van der Waals surface area contributed by atoms with E-state index in [1.165, 1.54) is 19.3 Å². The van der Waals surface area contributed by atoms with Crippen molar-refractivity contribution in [3.05, 3.63) is 24.3 Å². The highest BCUT2D eigenvalue weighted by molar-refractivity contribution is 4.96. The fourth-order valence-electron chi connectivity index (χ4n) is 1.80. The molecule has 2 rings (SSSR count). The van der Waals surface area contributed by atoms with E-state index in [1.54, 1.807) is 12.4 Å². The zero-order valence-electron chi connectivity index (χ0n) is 8.19. The molecule has 76 valence electrons. The lowest BCUT2D eigenvalue weighted by Gasteiger charge is -2.28. The number of hydrogen-bond acceptors (Lipinski definition) is 4. The first-order valence-electron chi connectivity index (χ1n) is 5.13. The van der Waals surface area contributed by atoms with Gasteiger partial charge in [0.2, 0.25) is 0 Å². The van der Waals surface area contributed by atoms with Crippen LogP contribution in [0.3, 0.4) is 0 Å². The molecule has 1 heterocycles. The van der Waals surface area contributed by atoms with Gasteiger partial charge in [-0.25, -0.2) is 15.4 Å². The van der Waals surface area contributed by atoms with Gasteiger partial charge in [0.1, 0.15) is 5.82 Å². The summed E-state index contributed by atoms with van der Waals surface area (Å²) in [4.78, 5) is 8.42. The Labute approximate surface area is 83.9 Å². The fourth-order valence-corrected chi connectivity index (χ4v) is 1.80. The van der Waals surface area contributed by atoms with Crippen LogP contribution in [0.5, 0.6) is 0 Å². The first-order chi connectivity index (χ1) is 6.90. The minimum atomic E-state index is 0.112. The summed E-state index contributed by atoms with van der Waals surface area (Å²) < 4.78 is 0. The van der Waals surface area contributed by atoms with Gasteiger partial charge < -0.3 is 0 Å². The lowest BCUT2D eigenvalue weighted by atomic mass is 9.81. The van der Waals surface area contributed by atoms with E-state index in [1.807, 2.05) is 6.07 Å². The molecule has 1 aromatic heterocycles. The van der Waals surface area contributed by atoms with Crippen molar-refractivity contribution >= 4 is 0 Å². The summed E-state index contributed by atoms with van der Waals surface area (Å²) in [5.41, 5.74) is 2.79. The van der Waals surface area contributed by atoms with Gasteiger partial charge in [0.25, 0.3) is 0 Å². The first-order valence-corrected chi connectivity index (χ1v) is 5.13. The van der Waals surface area contributed by atoms with Gasteiger partial charge in [-0.15, -0.1) is 0 Å². The molecule has 4 nitrogen and oxygen atoms in total. The molecule has 0 radical (unpaired) electrons. The van der Waals surface area contributed by atoms with Crippen LogP contribution < -0.4 is 11.3 Å². The number of hydrazine groups is 1. The summed E-state index contributed by atoms with van der Waals surface area (Å²) in [6.45, 7) is 0. The predicted molar refractivity (Wildman–Crippen MR) is 54.1 cm³/mol. The van der Waals surface area contributed by atoms with Crippen molar-refractivity contribution in [3.8, 4) is 0 Å². The van der Waals surface area contributed by atoms with Crippen molar-refractivity contribution < 1.29 is 0 Å². The van der Waals surface area contributed by atoms with Gasteiger partial charge in [-0.1, -0.05) is 19.3 Å². The minimum Gasteiger partial charge on any atom is -0.271 e. The summed E-state index contributed by atoms with van der Waals surface area (Å²) in [7, 11) is 0. The van der Waals surface area contributed by atoms with E-state index >= 15 is 0 Å². The lowest BCUT2D eigenvalue weighted by Crippen LogP contribution is -2.32. The number of aromatic nitrogens is 2. The highest BCUT2D eigenvalue weighted by Gasteiger charge is 2.23. The molecule has 1 unspecified atom stereocenters. The van der Waals surface area contributed by atoms with Gasteiger partial charge in [-0.2, -0.15) is 0 Å². The van der Waals surface area contributed by atoms with Crippen LogP contribution >= 0.6 is 0 Å². The molecule has 3 N–H and O–H groups in total. The largest absolute Gasteiger partial charge is 0.271 e. The Kier molecular flexibility index (Phi) is 3.06. The van der Waals surface area contributed by atoms with Gasteiger partial charge in [0, 0.05) is 12.4 Å². The maximum absolute atomic E-state index is 5.50. The van der Waals surface area contributed by atoms with Gasteiger partial charge in [-0.05, 0) is 18.4 Å². The third-order valence-corrected chi connectivity index (χ3v) is 2.89. The molecule has 0 aliphatic heterocycles. The third kappa shape index (κ3) is 2.08. The Balaban J connectivity index is 1.98. The molecule has 1 aromatic rings. The van der Waals surface area contributed by atoms with E-state index in [9.17, 15) is 0 Å². The molecule has 0 aromatic carbocycles. The van der Waals surface area contributed by atoms with Crippen LogP contribution in [-0.2, 0) is 0 Å². The normalized spacial score (nSPS) is 18.9. The van der Waals surface area contributed by atoms with Gasteiger partial charge in [-0.3, -0.25) is 5.84 Å². The third-order valence-electron chi connectivity index (χ3n) is 2.89. The second kappa shape index (κ2) is 4.48. The Morgan fingerprint density at radius 3 is 2.64 bits per heavy atom. The maximum atomic E-state index is 5.50. The highest BCUT2D eigenvalue weighted by Crippen LogP contribution is 2.33. The van der Waals surface area contributed by atoms with Gasteiger partial charge in [0.15, 0.2) is 0 Å². The number of nitrogens with two attached hydrogens (primary N) is 1. The second-order valence-corrected chi connectivity index (χ2v) is 3.86. The number of nitrogens with zero attached hydrogens (tertiary/aromatic N) is 2. The molecular formula is C10H16N4. The summed E-state index contributed by atoms with van der Waals surface area (Å²) in [5.74, 6) is 7.11. The van der Waals surface area contributed by atoms with E-state index in [0.29, 0.717) is 0 Å². The molecule has 1 aliphatic carbocycles. The molecule has 0 spiro atoms. The Hall–Kier alpha value is -1.00. The van der Waals surface area contributed by atoms with Crippen molar-refractivity contribution in [2.45, 2.75) is 31.7 Å². The summed E-state index contributed by atoms with van der Waals surface area (Å²) in [6.07, 6.45) is 8.58. The summed E-state index contributed by atoms with van der Waals surface area (Å²) >= 11 is 0. The van der Waals surface area contributed by atoms with Crippen molar-refractivity contribution in [1.82, 2.24) is 15.4 Å². The van der Waals surface area contributed by atoms with Crippen LogP contribution in [0, 0.1) is 5.92 Å². The monoisotopic (exact) mass is 192 g/mol. The standard InChI is InChI=1S/C10H16N4/c11-14-9(7-8-3-1-4-8)10-12-5-2-6-13-10/h2,5-6,8-9,14H,1,3-4,7,11H2. The molecular weight excluding hydrogens is 176 g/mol. The van der Waals surface area contributed by atoms with E-state index in [2.05, 4.69) is 15.4 Å². The Bertz CT molecular complexity index is 271. The molecule has 1 aliphatic rings. The predicted octanol–water partition coefficient (Wildman–Crippen LogP) is 1.17. The molecule has 1 saturated carbocycles. The molecule has 1 fully saturated rings. The van der Waals surface area contributed by atoms with Gasteiger partial charge in [0.05, 0.1) is 6.04 Å². The Morgan fingerprint density at radius 2 is 2.14 bits per heavy atom. The maximum Gasteiger partial charge on any atom is 0.146 e. The molecule has 1 atom stereocenters. The zero-order valence-corrected chi connectivity index (χ0v) is 8.19. The minimum absolute atomic E-state index is 0.112. The van der Waals surface area contributed by atoms with E-state index < -0.39 is 0 Å². The van der Waals surface area contributed by atoms with Crippen LogP contribution in [0.15, 0.2) is 18.5 Å². The van der Waals surface area contributed by atoms with E-state index in [4.69, 9.17) is 5.84 Å². The fraction of sp³-hybridized carbons (Fsp3) is 0.600. The van der Waals surface area contributed by atoms with Crippen molar-refractivity contribution in [1.29, 1.82) is 0 Å². The van der Waals surface area contributed by atoms with Crippen LogP contribution in [-0.4, -0.2) is 9.97 Å². The summed E-state index contributed by atoms with van der Waals surface area (Å²) in [5, 5.41) is 0. The average molecular weight is 192 g/mol. The van der Waals surface area contributed by atoms with Crippen LogP contribution in [0.25, 0.3) is 0 Å². The lowest BCUT2D eigenvalue weighted by molar-refractivity contribution is 0.258. The van der Waals surface area contributed by atoms with Crippen molar-refractivity contribution in [2.24, 2.45) is 11.8 Å². The van der Waals surface area contributed by atoms with E-state index in [0.717, 1.165) is 18.2 Å². The topological polar surface area (TPSA) is 63.8 Å². The molecule has 0 amide bonds. The molecule has 4 heteroatoms.